The first kappa shape index (κ1) is 10.1. The van der Waals surface area contributed by atoms with Crippen molar-refractivity contribution in [3.05, 3.63) is 47.1 Å². The van der Waals surface area contributed by atoms with Crippen molar-refractivity contribution in [2.75, 3.05) is 0 Å². The topological polar surface area (TPSA) is 25.8 Å². The van der Waals surface area contributed by atoms with Gasteiger partial charge in [0.25, 0.3) is 0 Å². The summed E-state index contributed by atoms with van der Waals surface area (Å²) in [7, 11) is 0. The summed E-state index contributed by atoms with van der Waals surface area (Å²) < 4.78 is 12.7. The molecular formula is C11H8ClFN2. The lowest BCUT2D eigenvalue weighted by Crippen LogP contribution is -1.89. The lowest BCUT2D eigenvalue weighted by molar-refractivity contribution is 0.584. The van der Waals surface area contributed by atoms with E-state index in [1.54, 1.807) is 12.3 Å². The predicted molar refractivity (Wildman–Crippen MR) is 57.2 cm³/mol. The number of aryl methyl sites for hydroxylation is 1. The second-order valence-electron chi connectivity index (χ2n) is 3.19. The van der Waals surface area contributed by atoms with Crippen molar-refractivity contribution in [3.8, 4) is 11.3 Å². The molecule has 2 heterocycles. The maximum atomic E-state index is 12.7. The zero-order valence-electron chi connectivity index (χ0n) is 8.04. The van der Waals surface area contributed by atoms with Gasteiger partial charge < -0.3 is 0 Å². The van der Waals surface area contributed by atoms with E-state index in [9.17, 15) is 4.39 Å². The van der Waals surface area contributed by atoms with Gasteiger partial charge in [0, 0.05) is 11.8 Å². The molecule has 76 valence electrons. The van der Waals surface area contributed by atoms with E-state index in [0.29, 0.717) is 11.3 Å². The number of nitrogens with zero attached hydrogens (tertiary/aromatic N) is 2. The Morgan fingerprint density at radius 1 is 1.27 bits per heavy atom. The molecule has 0 atom stereocenters. The predicted octanol–water partition coefficient (Wildman–Crippen LogP) is 3.24. The lowest BCUT2D eigenvalue weighted by Gasteiger charge is -2.03. The molecule has 0 spiro atoms. The van der Waals surface area contributed by atoms with Crippen LogP contribution in [0.15, 0.2) is 30.5 Å². The minimum Gasteiger partial charge on any atom is -0.256 e. The molecule has 0 aliphatic rings. The molecule has 2 nitrogen and oxygen atoms in total. The Kier molecular flexibility index (Phi) is 2.64. The molecule has 0 aliphatic carbocycles. The Balaban J connectivity index is 2.54. The summed E-state index contributed by atoms with van der Waals surface area (Å²) in [6.45, 7) is 1.95. The number of aromatic nitrogens is 2. The van der Waals surface area contributed by atoms with Gasteiger partial charge in [0.2, 0.25) is 5.95 Å². The molecule has 15 heavy (non-hydrogen) atoms. The van der Waals surface area contributed by atoms with Gasteiger partial charge >= 0.3 is 0 Å². The van der Waals surface area contributed by atoms with Crippen LogP contribution in [-0.4, -0.2) is 9.97 Å². The summed E-state index contributed by atoms with van der Waals surface area (Å²) >= 11 is 5.83. The molecule has 0 radical (unpaired) electrons. The summed E-state index contributed by atoms with van der Waals surface area (Å²) in [4.78, 5) is 7.69. The van der Waals surface area contributed by atoms with Gasteiger partial charge in [-0.05, 0) is 36.8 Å². The second kappa shape index (κ2) is 3.95. The molecule has 0 saturated heterocycles. The van der Waals surface area contributed by atoms with Gasteiger partial charge in [0.1, 0.15) is 5.15 Å². The van der Waals surface area contributed by atoms with E-state index in [1.165, 1.54) is 6.07 Å². The van der Waals surface area contributed by atoms with Gasteiger partial charge in [-0.1, -0.05) is 11.6 Å². The van der Waals surface area contributed by atoms with E-state index in [2.05, 4.69) is 9.97 Å². The third kappa shape index (κ3) is 2.13. The van der Waals surface area contributed by atoms with Crippen LogP contribution in [0.3, 0.4) is 0 Å². The fraction of sp³-hybridized carbons (Fsp3) is 0.0909. The Morgan fingerprint density at radius 3 is 2.73 bits per heavy atom. The van der Waals surface area contributed by atoms with Crippen LogP contribution in [0, 0.1) is 12.9 Å². The van der Waals surface area contributed by atoms with Gasteiger partial charge in [0.05, 0.1) is 5.69 Å². The fourth-order valence-corrected chi connectivity index (χ4v) is 1.53. The standard InChI is InChI=1S/C11H8ClFN2/c1-7-4-5-14-9(6-7)8-2-3-10(13)15-11(8)12/h2-6H,1H3. The van der Waals surface area contributed by atoms with Crippen molar-refractivity contribution in [2.24, 2.45) is 0 Å². The van der Waals surface area contributed by atoms with Crippen molar-refractivity contribution >= 4 is 11.6 Å². The molecule has 0 bridgehead atoms. The number of rotatable bonds is 1. The zero-order chi connectivity index (χ0) is 10.8. The maximum absolute atomic E-state index is 12.7. The number of hydrogen-bond acceptors (Lipinski definition) is 2. The molecule has 0 saturated carbocycles. The minimum atomic E-state index is -0.587. The highest BCUT2D eigenvalue weighted by Gasteiger charge is 2.07. The molecular weight excluding hydrogens is 215 g/mol. The molecule has 0 amide bonds. The third-order valence-corrected chi connectivity index (χ3v) is 2.29. The first-order chi connectivity index (χ1) is 7.16. The SMILES string of the molecule is Cc1ccnc(-c2ccc(F)nc2Cl)c1. The van der Waals surface area contributed by atoms with Crippen LogP contribution < -0.4 is 0 Å². The molecule has 0 aliphatic heterocycles. The molecule has 0 N–H and O–H groups in total. The van der Waals surface area contributed by atoms with E-state index in [0.717, 1.165) is 5.56 Å². The molecule has 2 aromatic heterocycles. The molecule has 4 heteroatoms. The Morgan fingerprint density at radius 2 is 2.07 bits per heavy atom. The van der Waals surface area contributed by atoms with E-state index < -0.39 is 5.95 Å². The summed E-state index contributed by atoms with van der Waals surface area (Å²) in [6, 6.07) is 6.60. The van der Waals surface area contributed by atoms with Crippen molar-refractivity contribution in [1.82, 2.24) is 9.97 Å². The van der Waals surface area contributed by atoms with Crippen LogP contribution in [0.4, 0.5) is 4.39 Å². The largest absolute Gasteiger partial charge is 0.256 e. The van der Waals surface area contributed by atoms with Crippen molar-refractivity contribution in [2.45, 2.75) is 6.92 Å². The number of halogens is 2. The smallest absolute Gasteiger partial charge is 0.214 e. The van der Waals surface area contributed by atoms with E-state index in [4.69, 9.17) is 11.6 Å². The van der Waals surface area contributed by atoms with Crippen molar-refractivity contribution in [1.29, 1.82) is 0 Å². The molecule has 2 aromatic rings. The van der Waals surface area contributed by atoms with E-state index >= 15 is 0 Å². The normalized spacial score (nSPS) is 10.3. The summed E-state index contributed by atoms with van der Waals surface area (Å²) in [6.07, 6.45) is 1.68. The third-order valence-electron chi connectivity index (χ3n) is 2.01. The first-order valence-electron chi connectivity index (χ1n) is 4.42. The Labute approximate surface area is 91.8 Å². The van der Waals surface area contributed by atoms with Gasteiger partial charge in [-0.25, -0.2) is 4.98 Å². The van der Waals surface area contributed by atoms with Crippen molar-refractivity contribution < 1.29 is 4.39 Å². The highest BCUT2D eigenvalue weighted by Crippen LogP contribution is 2.24. The average Bonchev–Trinajstić information content (AvgIpc) is 2.17. The van der Waals surface area contributed by atoms with Crippen LogP contribution in [0.5, 0.6) is 0 Å². The fourth-order valence-electron chi connectivity index (χ4n) is 1.29. The van der Waals surface area contributed by atoms with E-state index in [-0.39, 0.29) is 5.15 Å². The van der Waals surface area contributed by atoms with Gasteiger partial charge in [-0.2, -0.15) is 4.39 Å². The molecule has 0 aromatic carbocycles. The second-order valence-corrected chi connectivity index (χ2v) is 3.55. The zero-order valence-corrected chi connectivity index (χ0v) is 8.79. The van der Waals surface area contributed by atoms with Crippen molar-refractivity contribution in [3.63, 3.8) is 0 Å². The quantitative estimate of drug-likeness (QED) is 0.693. The van der Waals surface area contributed by atoms with Crippen LogP contribution in [0.25, 0.3) is 11.3 Å². The van der Waals surface area contributed by atoms with Crippen LogP contribution in [0.2, 0.25) is 5.15 Å². The summed E-state index contributed by atoms with van der Waals surface area (Å²) in [5.74, 6) is -0.587. The molecule has 2 rings (SSSR count). The Hall–Kier alpha value is -1.48. The maximum Gasteiger partial charge on any atom is 0.214 e. The number of hydrogen-bond donors (Lipinski definition) is 0. The van der Waals surface area contributed by atoms with Crippen LogP contribution in [0.1, 0.15) is 5.56 Å². The highest BCUT2D eigenvalue weighted by molar-refractivity contribution is 6.32. The monoisotopic (exact) mass is 222 g/mol. The lowest BCUT2D eigenvalue weighted by atomic mass is 10.1. The average molecular weight is 223 g/mol. The molecule has 0 unspecified atom stereocenters. The van der Waals surface area contributed by atoms with Gasteiger partial charge in [-0.3, -0.25) is 4.98 Å². The van der Waals surface area contributed by atoms with Crippen LogP contribution >= 0.6 is 11.6 Å². The van der Waals surface area contributed by atoms with Gasteiger partial charge in [-0.15, -0.1) is 0 Å². The first-order valence-corrected chi connectivity index (χ1v) is 4.79. The molecule has 0 fully saturated rings. The van der Waals surface area contributed by atoms with Crippen LogP contribution in [-0.2, 0) is 0 Å². The number of pyridine rings is 2. The highest BCUT2D eigenvalue weighted by atomic mass is 35.5. The minimum absolute atomic E-state index is 0.133. The summed E-state index contributed by atoms with van der Waals surface area (Å²) in [5.41, 5.74) is 2.41. The summed E-state index contributed by atoms with van der Waals surface area (Å²) in [5, 5.41) is 0.133. The van der Waals surface area contributed by atoms with E-state index in [1.807, 2.05) is 19.1 Å². The Bertz CT molecular complexity index is 500. The van der Waals surface area contributed by atoms with Gasteiger partial charge in [0.15, 0.2) is 0 Å².